The molecule has 0 aliphatic heterocycles. The number of rotatable bonds is 9. The van der Waals surface area contributed by atoms with Crippen LogP contribution in [0.5, 0.6) is 5.75 Å². The lowest BCUT2D eigenvalue weighted by Crippen LogP contribution is -1.97. The maximum Gasteiger partial charge on any atom is 0.132 e. The van der Waals surface area contributed by atoms with Gasteiger partial charge in [-0.1, -0.05) is 32.4 Å². The normalized spacial score (nSPS) is 10.3. The number of ether oxygens (including phenoxy) is 1. The average molecular weight is 248 g/mol. The summed E-state index contributed by atoms with van der Waals surface area (Å²) in [5.74, 6) is 1.30. The SMILES string of the molecule is CCCCOc1ccc(CCCC(=O)CC)cc1. The van der Waals surface area contributed by atoms with Crippen LogP contribution in [0.1, 0.15) is 51.5 Å². The second kappa shape index (κ2) is 8.73. The maximum absolute atomic E-state index is 11.2. The minimum Gasteiger partial charge on any atom is -0.494 e. The molecule has 0 amide bonds. The van der Waals surface area contributed by atoms with Gasteiger partial charge in [-0.2, -0.15) is 0 Å². The monoisotopic (exact) mass is 248 g/mol. The molecule has 100 valence electrons. The predicted molar refractivity (Wildman–Crippen MR) is 75.1 cm³/mol. The molecule has 0 saturated carbocycles. The van der Waals surface area contributed by atoms with E-state index in [2.05, 4.69) is 19.1 Å². The molecular weight excluding hydrogens is 224 g/mol. The zero-order valence-corrected chi connectivity index (χ0v) is 11.6. The Balaban J connectivity index is 2.29. The van der Waals surface area contributed by atoms with Gasteiger partial charge in [0.05, 0.1) is 6.61 Å². The maximum atomic E-state index is 11.2. The lowest BCUT2D eigenvalue weighted by atomic mass is 10.1. The van der Waals surface area contributed by atoms with E-state index in [1.165, 1.54) is 5.56 Å². The number of benzene rings is 1. The van der Waals surface area contributed by atoms with Crippen molar-refractivity contribution in [3.63, 3.8) is 0 Å². The highest BCUT2D eigenvalue weighted by Gasteiger charge is 2.00. The lowest BCUT2D eigenvalue weighted by molar-refractivity contribution is -0.118. The molecule has 1 rings (SSSR count). The molecule has 0 fully saturated rings. The minimum atomic E-state index is 0.356. The van der Waals surface area contributed by atoms with Crippen LogP contribution in [0.25, 0.3) is 0 Å². The molecule has 0 aliphatic carbocycles. The summed E-state index contributed by atoms with van der Waals surface area (Å²) in [4.78, 5) is 11.2. The van der Waals surface area contributed by atoms with Crippen LogP contribution >= 0.6 is 0 Å². The van der Waals surface area contributed by atoms with E-state index in [0.717, 1.165) is 38.0 Å². The first-order chi connectivity index (χ1) is 8.76. The third kappa shape index (κ3) is 5.85. The molecule has 1 aromatic rings. The van der Waals surface area contributed by atoms with E-state index in [1.807, 2.05) is 19.1 Å². The highest BCUT2D eigenvalue weighted by Crippen LogP contribution is 2.14. The van der Waals surface area contributed by atoms with Gasteiger partial charge in [0.1, 0.15) is 11.5 Å². The summed E-state index contributed by atoms with van der Waals surface area (Å²) in [6, 6.07) is 8.23. The van der Waals surface area contributed by atoms with E-state index in [1.54, 1.807) is 0 Å². The third-order valence-electron chi connectivity index (χ3n) is 3.01. The smallest absolute Gasteiger partial charge is 0.132 e. The van der Waals surface area contributed by atoms with Crippen LogP contribution < -0.4 is 4.74 Å². The van der Waals surface area contributed by atoms with Gasteiger partial charge in [-0.3, -0.25) is 4.79 Å². The highest BCUT2D eigenvalue weighted by molar-refractivity contribution is 5.77. The summed E-state index contributed by atoms with van der Waals surface area (Å²) >= 11 is 0. The zero-order valence-electron chi connectivity index (χ0n) is 11.6. The van der Waals surface area contributed by atoms with Crippen LogP contribution in [-0.4, -0.2) is 12.4 Å². The molecule has 2 heteroatoms. The van der Waals surface area contributed by atoms with E-state index in [0.29, 0.717) is 18.6 Å². The Labute approximate surface area is 110 Å². The summed E-state index contributed by atoms with van der Waals surface area (Å²) in [5, 5.41) is 0. The van der Waals surface area contributed by atoms with Crippen molar-refractivity contribution in [1.82, 2.24) is 0 Å². The Bertz CT molecular complexity index is 341. The van der Waals surface area contributed by atoms with Gasteiger partial charge < -0.3 is 4.74 Å². The van der Waals surface area contributed by atoms with Gasteiger partial charge in [0.25, 0.3) is 0 Å². The minimum absolute atomic E-state index is 0.356. The van der Waals surface area contributed by atoms with E-state index in [9.17, 15) is 4.79 Å². The van der Waals surface area contributed by atoms with E-state index in [4.69, 9.17) is 4.74 Å². The first kappa shape index (κ1) is 14.7. The standard InChI is InChI=1S/C16H24O2/c1-3-5-13-18-16-11-9-14(10-12-16)7-6-8-15(17)4-2/h9-12H,3-8,13H2,1-2H3. The molecule has 0 radical (unpaired) electrons. The Morgan fingerprint density at radius 3 is 2.44 bits per heavy atom. The van der Waals surface area contributed by atoms with Crippen molar-refractivity contribution in [2.24, 2.45) is 0 Å². The summed E-state index contributed by atoms with van der Waals surface area (Å²) in [7, 11) is 0. The van der Waals surface area contributed by atoms with Crippen LogP contribution in [0.4, 0.5) is 0 Å². The molecule has 2 nitrogen and oxygen atoms in total. The third-order valence-corrected chi connectivity index (χ3v) is 3.01. The Hall–Kier alpha value is -1.31. The van der Waals surface area contributed by atoms with Gasteiger partial charge in [-0.05, 0) is 37.0 Å². The number of Topliss-reactive ketones (excluding diaryl/α,β-unsaturated/α-hetero) is 1. The number of aryl methyl sites for hydroxylation is 1. The quantitative estimate of drug-likeness (QED) is 0.613. The van der Waals surface area contributed by atoms with Crippen LogP contribution in [-0.2, 0) is 11.2 Å². The molecule has 0 unspecified atom stereocenters. The fourth-order valence-corrected chi connectivity index (χ4v) is 1.75. The van der Waals surface area contributed by atoms with E-state index in [-0.39, 0.29) is 0 Å². The first-order valence-electron chi connectivity index (χ1n) is 6.99. The summed E-state index contributed by atoms with van der Waals surface area (Å²) in [6.45, 7) is 4.87. The van der Waals surface area contributed by atoms with Crippen LogP contribution in [0.3, 0.4) is 0 Å². The van der Waals surface area contributed by atoms with Gasteiger partial charge in [0.15, 0.2) is 0 Å². The topological polar surface area (TPSA) is 26.3 Å². The van der Waals surface area contributed by atoms with Crippen molar-refractivity contribution < 1.29 is 9.53 Å². The molecule has 0 saturated heterocycles. The number of hydrogen-bond acceptors (Lipinski definition) is 2. The van der Waals surface area contributed by atoms with Gasteiger partial charge >= 0.3 is 0 Å². The van der Waals surface area contributed by atoms with Gasteiger partial charge in [0.2, 0.25) is 0 Å². The number of carbonyl (C=O) groups is 1. The molecule has 0 N–H and O–H groups in total. The number of carbonyl (C=O) groups excluding carboxylic acids is 1. The van der Waals surface area contributed by atoms with E-state index >= 15 is 0 Å². The van der Waals surface area contributed by atoms with E-state index < -0.39 is 0 Å². The highest BCUT2D eigenvalue weighted by atomic mass is 16.5. The number of unbranched alkanes of at least 4 members (excludes halogenated alkanes) is 1. The van der Waals surface area contributed by atoms with Gasteiger partial charge in [-0.25, -0.2) is 0 Å². The molecule has 0 aliphatic rings. The van der Waals surface area contributed by atoms with Crippen molar-refractivity contribution in [2.75, 3.05) is 6.61 Å². The Morgan fingerprint density at radius 2 is 1.83 bits per heavy atom. The molecule has 0 spiro atoms. The van der Waals surface area contributed by atoms with Crippen molar-refractivity contribution in [3.05, 3.63) is 29.8 Å². The Morgan fingerprint density at radius 1 is 1.11 bits per heavy atom. The molecule has 0 atom stereocenters. The average Bonchev–Trinajstić information content (AvgIpc) is 2.40. The molecule has 1 aromatic carbocycles. The number of hydrogen-bond donors (Lipinski definition) is 0. The summed E-state index contributed by atoms with van der Waals surface area (Å²) in [5.41, 5.74) is 1.28. The Kier molecular flexibility index (Phi) is 7.16. The zero-order chi connectivity index (χ0) is 13.2. The fourth-order valence-electron chi connectivity index (χ4n) is 1.75. The first-order valence-corrected chi connectivity index (χ1v) is 6.99. The number of ketones is 1. The van der Waals surface area contributed by atoms with Gasteiger partial charge in [0, 0.05) is 12.8 Å². The van der Waals surface area contributed by atoms with Gasteiger partial charge in [-0.15, -0.1) is 0 Å². The second-order valence-electron chi connectivity index (χ2n) is 4.59. The molecule has 18 heavy (non-hydrogen) atoms. The van der Waals surface area contributed by atoms with Crippen LogP contribution in [0, 0.1) is 0 Å². The molecule has 0 bridgehead atoms. The van der Waals surface area contributed by atoms with Crippen molar-refractivity contribution in [2.45, 2.75) is 52.4 Å². The molecule has 0 heterocycles. The predicted octanol–water partition coefficient (Wildman–Crippen LogP) is 4.17. The van der Waals surface area contributed by atoms with Crippen molar-refractivity contribution in [1.29, 1.82) is 0 Å². The lowest BCUT2D eigenvalue weighted by Gasteiger charge is -2.06. The summed E-state index contributed by atoms with van der Waals surface area (Å²) < 4.78 is 5.61. The fraction of sp³-hybridized carbons (Fsp3) is 0.562. The van der Waals surface area contributed by atoms with Crippen LogP contribution in [0.15, 0.2) is 24.3 Å². The van der Waals surface area contributed by atoms with Crippen molar-refractivity contribution >= 4 is 5.78 Å². The molecular formula is C16H24O2. The van der Waals surface area contributed by atoms with Crippen LogP contribution in [0.2, 0.25) is 0 Å². The summed E-state index contributed by atoms with van der Waals surface area (Å²) in [6.07, 6.45) is 5.53. The van der Waals surface area contributed by atoms with Crippen molar-refractivity contribution in [3.8, 4) is 5.75 Å². The second-order valence-corrected chi connectivity index (χ2v) is 4.59. The largest absolute Gasteiger partial charge is 0.494 e. The molecule has 0 aromatic heterocycles.